The molecule has 0 saturated carbocycles. The number of amides is 1. The van der Waals surface area contributed by atoms with Crippen molar-refractivity contribution in [3.63, 3.8) is 0 Å². The highest BCUT2D eigenvalue weighted by Crippen LogP contribution is 1.85. The van der Waals surface area contributed by atoms with E-state index < -0.39 is 12.2 Å². The first-order chi connectivity index (χ1) is 13.8. The summed E-state index contributed by atoms with van der Waals surface area (Å²) in [5, 5.41) is 41.7. The van der Waals surface area contributed by atoms with Crippen LogP contribution in [0.3, 0.4) is 0 Å². The van der Waals surface area contributed by atoms with Crippen LogP contribution >= 0.6 is 0 Å². The summed E-state index contributed by atoms with van der Waals surface area (Å²) in [5.41, 5.74) is 0. The van der Waals surface area contributed by atoms with Crippen LogP contribution in [0.4, 0.5) is 0 Å². The molecule has 8 heteroatoms. The molecule has 0 aromatic carbocycles. The maximum absolute atomic E-state index is 9.70. The normalized spacial score (nSPS) is 12.8. The SMILES string of the molecule is CC(O)C(C)O.CC=CC.CCC(C)O.CCNC.CNC(C)=O.CNCC(C)O. The molecule has 4 unspecified atom stereocenters. The van der Waals surface area contributed by atoms with Gasteiger partial charge in [-0.1, -0.05) is 26.0 Å². The number of aliphatic hydroxyl groups is 4. The molecule has 0 aliphatic heterocycles. The average molecular weight is 442 g/mol. The van der Waals surface area contributed by atoms with Crippen LogP contribution in [-0.4, -0.2) is 85.0 Å². The molecule has 0 radical (unpaired) electrons. The molecule has 0 spiro atoms. The van der Waals surface area contributed by atoms with Crippen molar-refractivity contribution in [3.05, 3.63) is 12.2 Å². The van der Waals surface area contributed by atoms with E-state index in [1.165, 1.54) is 6.92 Å². The zero-order chi connectivity index (χ0) is 25.5. The van der Waals surface area contributed by atoms with Crippen LogP contribution < -0.4 is 16.0 Å². The molecule has 0 rings (SSSR count). The van der Waals surface area contributed by atoms with Crippen LogP contribution in [0.5, 0.6) is 0 Å². The van der Waals surface area contributed by atoms with Gasteiger partial charge in [0.1, 0.15) is 0 Å². The van der Waals surface area contributed by atoms with Gasteiger partial charge in [0.25, 0.3) is 0 Å². The smallest absolute Gasteiger partial charge is 0.216 e. The fourth-order valence-corrected chi connectivity index (χ4v) is 0.295. The molecule has 0 aliphatic rings. The second kappa shape index (κ2) is 42.1. The minimum absolute atomic E-state index is 0.00463. The van der Waals surface area contributed by atoms with Gasteiger partial charge in [-0.3, -0.25) is 4.79 Å². The van der Waals surface area contributed by atoms with Crippen LogP contribution in [0, 0.1) is 0 Å². The highest BCUT2D eigenvalue weighted by Gasteiger charge is 1.99. The van der Waals surface area contributed by atoms with Crippen molar-refractivity contribution in [2.75, 3.05) is 34.2 Å². The van der Waals surface area contributed by atoms with Crippen molar-refractivity contribution in [1.82, 2.24) is 16.0 Å². The Hall–Kier alpha value is -1.03. The number of nitrogens with one attached hydrogen (secondary N) is 3. The van der Waals surface area contributed by atoms with Gasteiger partial charge in [-0.15, -0.1) is 0 Å². The summed E-state index contributed by atoms with van der Waals surface area (Å²) in [6.45, 7) is 17.9. The summed E-state index contributed by atoms with van der Waals surface area (Å²) < 4.78 is 0. The highest BCUT2D eigenvalue weighted by atomic mass is 16.3. The molecule has 30 heavy (non-hydrogen) atoms. The topological polar surface area (TPSA) is 134 Å². The maximum Gasteiger partial charge on any atom is 0.216 e. The third-order valence-corrected chi connectivity index (χ3v) is 2.83. The van der Waals surface area contributed by atoms with Gasteiger partial charge in [0.2, 0.25) is 5.91 Å². The molecule has 0 aliphatic carbocycles. The van der Waals surface area contributed by atoms with E-state index in [-0.39, 0.29) is 18.1 Å². The predicted octanol–water partition coefficient (Wildman–Crippen LogP) is 1.67. The summed E-state index contributed by atoms with van der Waals surface area (Å²) in [6, 6.07) is 0. The third-order valence-electron chi connectivity index (χ3n) is 2.83. The molecule has 0 fully saturated rings. The molecule has 4 atom stereocenters. The van der Waals surface area contributed by atoms with Gasteiger partial charge < -0.3 is 36.4 Å². The Kier molecular flexibility index (Phi) is 60.4. The number of rotatable bonds is 5. The van der Waals surface area contributed by atoms with Crippen LogP contribution in [0.15, 0.2) is 12.2 Å². The van der Waals surface area contributed by atoms with Gasteiger partial charge in [0.05, 0.1) is 24.4 Å². The number of carbonyl (C=O) groups excluding carboxylic acids is 1. The molecule has 188 valence electrons. The number of carbonyl (C=O) groups is 1. The van der Waals surface area contributed by atoms with Crippen molar-refractivity contribution in [2.24, 2.45) is 0 Å². The molecule has 0 bridgehead atoms. The fraction of sp³-hybridized carbons (Fsp3) is 0.864. The van der Waals surface area contributed by atoms with Crippen LogP contribution in [0.2, 0.25) is 0 Å². The summed E-state index contributed by atoms with van der Waals surface area (Å²) in [6.07, 6.45) is 3.35. The van der Waals surface area contributed by atoms with Crippen molar-refractivity contribution >= 4 is 5.91 Å². The van der Waals surface area contributed by atoms with Crippen LogP contribution in [0.25, 0.3) is 0 Å². The van der Waals surface area contributed by atoms with Gasteiger partial charge >= 0.3 is 0 Å². The molecule has 0 aromatic rings. The van der Waals surface area contributed by atoms with E-state index in [4.69, 9.17) is 20.4 Å². The zero-order valence-corrected chi connectivity index (χ0v) is 21.8. The van der Waals surface area contributed by atoms with E-state index in [0.29, 0.717) is 6.54 Å². The summed E-state index contributed by atoms with van der Waals surface area (Å²) in [4.78, 5) is 9.70. The number of likely N-dealkylation sites (N-methyl/N-ethyl adjacent to an activating group) is 1. The standard InChI is InChI=1S/C4H11NO.C4H10O2.C4H10O.C4H8.C3H7NO.C3H9N/c1-4(6)3-5-2;1-3(5)4(2)6;1-3-4(2)5;1-3-4-2;1-3(5)4-2;1-3-4-2/h4-6H,3H2,1-2H3;3-6H,1-2H3;4-5H,3H2,1-2H3;3-4H,1-2H3;1-2H3,(H,4,5);4H,3H2,1-2H3. The Labute approximate surface area is 187 Å². The first-order valence-electron chi connectivity index (χ1n) is 10.6. The van der Waals surface area contributed by atoms with Gasteiger partial charge in [0, 0.05) is 20.5 Å². The van der Waals surface area contributed by atoms with Crippen LogP contribution in [-0.2, 0) is 4.79 Å². The van der Waals surface area contributed by atoms with E-state index >= 15 is 0 Å². The number of allylic oxidation sites excluding steroid dienone is 2. The Morgan fingerprint density at radius 1 is 0.800 bits per heavy atom. The lowest BCUT2D eigenvalue weighted by Gasteiger charge is -2.03. The summed E-state index contributed by atoms with van der Waals surface area (Å²) in [5.74, 6) is 0.00463. The number of hydrogen-bond acceptors (Lipinski definition) is 7. The summed E-state index contributed by atoms with van der Waals surface area (Å²) in [7, 11) is 5.34. The molecule has 0 aromatic heterocycles. The molecule has 0 saturated heterocycles. The summed E-state index contributed by atoms with van der Waals surface area (Å²) >= 11 is 0. The van der Waals surface area contributed by atoms with Gasteiger partial charge in [-0.25, -0.2) is 0 Å². The van der Waals surface area contributed by atoms with E-state index in [1.807, 2.05) is 47.0 Å². The Bertz CT molecular complexity index is 286. The molecule has 7 N–H and O–H groups in total. The number of hydrogen-bond donors (Lipinski definition) is 7. The van der Waals surface area contributed by atoms with Crippen LogP contribution in [0.1, 0.15) is 68.7 Å². The Balaban J connectivity index is -0.0000000580. The Morgan fingerprint density at radius 3 is 1.07 bits per heavy atom. The van der Waals surface area contributed by atoms with E-state index in [2.05, 4.69) is 22.9 Å². The largest absolute Gasteiger partial charge is 0.393 e. The highest BCUT2D eigenvalue weighted by molar-refractivity contribution is 5.72. The Morgan fingerprint density at radius 2 is 1.07 bits per heavy atom. The second-order valence-corrected chi connectivity index (χ2v) is 6.33. The lowest BCUT2D eigenvalue weighted by Crippen LogP contribution is -2.19. The van der Waals surface area contributed by atoms with E-state index in [9.17, 15) is 4.79 Å². The molecule has 1 amide bonds. The third kappa shape index (κ3) is 127. The van der Waals surface area contributed by atoms with E-state index in [0.717, 1.165) is 13.0 Å². The molecule has 8 nitrogen and oxygen atoms in total. The number of aliphatic hydroxyl groups excluding tert-OH is 4. The van der Waals surface area contributed by atoms with Gasteiger partial charge in [-0.2, -0.15) is 0 Å². The molecule has 0 heterocycles. The lowest BCUT2D eigenvalue weighted by atomic mass is 10.3. The monoisotopic (exact) mass is 441 g/mol. The average Bonchev–Trinajstić information content (AvgIpc) is 2.69. The van der Waals surface area contributed by atoms with Gasteiger partial charge in [-0.05, 0) is 68.6 Å². The first kappa shape index (κ1) is 43.0. The van der Waals surface area contributed by atoms with Crippen molar-refractivity contribution in [3.8, 4) is 0 Å². The zero-order valence-electron chi connectivity index (χ0n) is 21.8. The van der Waals surface area contributed by atoms with E-state index in [1.54, 1.807) is 34.7 Å². The predicted molar refractivity (Wildman–Crippen MR) is 131 cm³/mol. The molecular weight excluding hydrogens is 386 g/mol. The fourth-order valence-electron chi connectivity index (χ4n) is 0.295. The minimum Gasteiger partial charge on any atom is -0.393 e. The second-order valence-electron chi connectivity index (χ2n) is 6.33. The lowest BCUT2D eigenvalue weighted by molar-refractivity contribution is -0.118. The van der Waals surface area contributed by atoms with Crippen molar-refractivity contribution in [1.29, 1.82) is 0 Å². The first-order valence-corrected chi connectivity index (χ1v) is 10.6. The maximum atomic E-state index is 9.70. The molecular formula is C22H55N3O5. The quantitative estimate of drug-likeness (QED) is 0.323. The van der Waals surface area contributed by atoms with Gasteiger partial charge in [0.15, 0.2) is 0 Å². The minimum atomic E-state index is -0.593. The van der Waals surface area contributed by atoms with Crippen molar-refractivity contribution < 1.29 is 25.2 Å². The van der Waals surface area contributed by atoms with Crippen molar-refractivity contribution in [2.45, 2.75) is 93.2 Å².